The van der Waals surface area contributed by atoms with Crippen molar-refractivity contribution in [2.24, 2.45) is 0 Å². The summed E-state index contributed by atoms with van der Waals surface area (Å²) in [4.78, 5) is 43.1. The molecule has 2 aromatic carbocycles. The molecule has 202 valence electrons. The number of nitrogens with one attached hydrogen (secondary N) is 3. The Hall–Kier alpha value is -3.45. The molecule has 0 unspecified atom stereocenters. The zero-order valence-corrected chi connectivity index (χ0v) is 22.6. The quantitative estimate of drug-likeness (QED) is 0.289. The number of nitrogens with zero attached hydrogens (tertiary/aromatic N) is 1. The highest BCUT2D eigenvalue weighted by Gasteiger charge is 2.30. The summed E-state index contributed by atoms with van der Waals surface area (Å²) in [6, 6.07) is 17.7. The Morgan fingerprint density at radius 2 is 1.79 bits per heavy atom. The van der Waals surface area contributed by atoms with Crippen molar-refractivity contribution >= 4 is 28.5 Å². The smallest absolute Gasteiger partial charge is 0.242 e. The Morgan fingerprint density at radius 1 is 1.03 bits per heavy atom. The summed E-state index contributed by atoms with van der Waals surface area (Å²) in [6.45, 7) is 2.97. The van der Waals surface area contributed by atoms with Crippen molar-refractivity contribution < 1.29 is 14.4 Å². The fourth-order valence-electron chi connectivity index (χ4n) is 5.42. The summed E-state index contributed by atoms with van der Waals surface area (Å²) in [6.07, 6.45) is 6.06. The van der Waals surface area contributed by atoms with Gasteiger partial charge >= 0.3 is 0 Å². The summed E-state index contributed by atoms with van der Waals surface area (Å²) in [5, 5.41) is 7.28. The molecule has 1 aliphatic heterocycles. The number of hydrogen-bond acceptors (Lipinski definition) is 4. The van der Waals surface area contributed by atoms with Crippen LogP contribution in [0.1, 0.15) is 57.4 Å². The number of Topliss-reactive ketones (excluding diaryl/α,β-unsaturated/α-hetero) is 1. The summed E-state index contributed by atoms with van der Waals surface area (Å²) >= 11 is 0. The Bertz CT molecular complexity index is 1240. The van der Waals surface area contributed by atoms with Crippen molar-refractivity contribution in [3.05, 3.63) is 60.2 Å². The molecule has 4 rings (SSSR count). The van der Waals surface area contributed by atoms with E-state index in [2.05, 4.69) is 44.8 Å². The lowest BCUT2D eigenvalue weighted by Crippen LogP contribution is -2.51. The van der Waals surface area contributed by atoms with Gasteiger partial charge in [-0.3, -0.25) is 14.5 Å². The SMILES string of the molecule is CC(=O)CCCCC[C@H](NC(=O)[C@@H]1CCCN1C)C(=O)NCCc1c(-c2ccccc2)[nH]c2ccccc12. The number of carbonyl (C=O) groups is 3. The molecule has 1 aromatic heterocycles. The molecule has 1 saturated heterocycles. The van der Waals surface area contributed by atoms with Crippen LogP contribution < -0.4 is 10.6 Å². The van der Waals surface area contributed by atoms with Crippen LogP contribution in [-0.4, -0.2) is 59.7 Å². The van der Waals surface area contributed by atoms with Gasteiger partial charge in [0.2, 0.25) is 11.8 Å². The van der Waals surface area contributed by atoms with Crippen molar-refractivity contribution in [1.82, 2.24) is 20.5 Å². The van der Waals surface area contributed by atoms with E-state index in [0.717, 1.165) is 60.8 Å². The lowest BCUT2D eigenvalue weighted by atomic mass is 10.0. The average Bonchev–Trinajstić information content (AvgIpc) is 3.51. The normalized spacial score (nSPS) is 16.4. The van der Waals surface area contributed by atoms with Crippen LogP contribution in [0.3, 0.4) is 0 Å². The summed E-state index contributed by atoms with van der Waals surface area (Å²) in [7, 11) is 1.96. The largest absolute Gasteiger partial charge is 0.354 e. The maximum absolute atomic E-state index is 13.3. The second-order valence-corrected chi connectivity index (χ2v) is 10.4. The van der Waals surface area contributed by atoms with Crippen LogP contribution in [0.25, 0.3) is 22.2 Å². The third-order valence-corrected chi connectivity index (χ3v) is 7.53. The third-order valence-electron chi connectivity index (χ3n) is 7.53. The predicted molar refractivity (Wildman–Crippen MR) is 152 cm³/mol. The Kier molecular flexibility index (Phi) is 9.71. The van der Waals surface area contributed by atoms with Crippen molar-refractivity contribution in [3.8, 4) is 11.3 Å². The number of fused-ring (bicyclic) bond motifs is 1. The topological polar surface area (TPSA) is 94.3 Å². The fourth-order valence-corrected chi connectivity index (χ4v) is 5.42. The number of aromatic amines is 1. The Balaban J connectivity index is 1.41. The van der Waals surface area contributed by atoms with Gasteiger partial charge in [-0.2, -0.15) is 0 Å². The number of ketones is 1. The molecule has 3 N–H and O–H groups in total. The van der Waals surface area contributed by atoms with Gasteiger partial charge in [0.25, 0.3) is 0 Å². The second kappa shape index (κ2) is 13.4. The third kappa shape index (κ3) is 7.10. The summed E-state index contributed by atoms with van der Waals surface area (Å²) in [5.74, 6) is -0.0347. The number of para-hydroxylation sites is 1. The maximum atomic E-state index is 13.3. The van der Waals surface area contributed by atoms with Gasteiger partial charge in [-0.25, -0.2) is 0 Å². The van der Waals surface area contributed by atoms with Crippen LogP contribution in [-0.2, 0) is 20.8 Å². The summed E-state index contributed by atoms with van der Waals surface area (Å²) in [5.41, 5.74) is 4.43. The number of carbonyl (C=O) groups excluding carboxylic acids is 3. The Morgan fingerprint density at radius 3 is 2.53 bits per heavy atom. The van der Waals surface area contributed by atoms with Crippen molar-refractivity contribution in [2.75, 3.05) is 20.1 Å². The number of benzene rings is 2. The lowest BCUT2D eigenvalue weighted by molar-refractivity contribution is -0.131. The zero-order valence-electron chi connectivity index (χ0n) is 22.6. The number of aromatic nitrogens is 1. The van der Waals surface area contributed by atoms with Crippen molar-refractivity contribution in [3.63, 3.8) is 0 Å². The minimum Gasteiger partial charge on any atom is -0.354 e. The van der Waals surface area contributed by atoms with E-state index < -0.39 is 6.04 Å². The first kappa shape index (κ1) is 27.6. The minimum atomic E-state index is -0.578. The molecular weight excluding hydrogens is 476 g/mol. The maximum Gasteiger partial charge on any atom is 0.242 e. The van der Waals surface area contributed by atoms with E-state index in [1.807, 2.05) is 37.4 Å². The number of rotatable bonds is 13. The molecule has 1 aliphatic rings. The molecule has 2 atom stereocenters. The zero-order chi connectivity index (χ0) is 26.9. The van der Waals surface area contributed by atoms with E-state index in [1.54, 1.807) is 6.92 Å². The van der Waals surface area contributed by atoms with E-state index in [-0.39, 0.29) is 23.6 Å². The molecule has 7 nitrogen and oxygen atoms in total. The van der Waals surface area contributed by atoms with Gasteiger partial charge in [0, 0.05) is 29.6 Å². The van der Waals surface area contributed by atoms with Crippen molar-refractivity contribution in [2.45, 2.75) is 70.4 Å². The highest BCUT2D eigenvalue weighted by atomic mass is 16.2. The van der Waals surface area contributed by atoms with Gasteiger partial charge in [0.1, 0.15) is 11.8 Å². The monoisotopic (exact) mass is 516 g/mol. The first-order chi connectivity index (χ1) is 18.4. The van der Waals surface area contributed by atoms with Crippen LogP contribution in [0.5, 0.6) is 0 Å². The van der Waals surface area contributed by atoms with E-state index in [0.29, 0.717) is 25.8 Å². The number of amides is 2. The van der Waals surface area contributed by atoms with Gasteiger partial charge in [-0.1, -0.05) is 61.4 Å². The first-order valence-electron chi connectivity index (χ1n) is 13.9. The van der Waals surface area contributed by atoms with Crippen LogP contribution in [0.15, 0.2) is 54.6 Å². The lowest BCUT2D eigenvalue weighted by Gasteiger charge is -2.23. The Labute approximate surface area is 225 Å². The minimum absolute atomic E-state index is 0.0723. The van der Waals surface area contributed by atoms with Gasteiger partial charge < -0.3 is 20.4 Å². The molecule has 0 aliphatic carbocycles. The molecule has 7 heteroatoms. The molecular formula is C31H40N4O3. The molecule has 3 aromatic rings. The summed E-state index contributed by atoms with van der Waals surface area (Å²) < 4.78 is 0. The number of likely N-dealkylation sites (tertiary alicyclic amines) is 1. The first-order valence-corrected chi connectivity index (χ1v) is 13.9. The van der Waals surface area contributed by atoms with Crippen molar-refractivity contribution in [1.29, 1.82) is 0 Å². The van der Waals surface area contributed by atoms with Gasteiger partial charge in [-0.05, 0) is 69.8 Å². The van der Waals surface area contributed by atoms with Crippen LogP contribution in [0, 0.1) is 0 Å². The van der Waals surface area contributed by atoms with Gasteiger partial charge in [-0.15, -0.1) is 0 Å². The number of hydrogen-bond donors (Lipinski definition) is 3. The highest BCUT2D eigenvalue weighted by Crippen LogP contribution is 2.30. The molecule has 0 radical (unpaired) electrons. The highest BCUT2D eigenvalue weighted by molar-refractivity contribution is 5.91. The standard InChI is InChI=1S/C31H40N4O3/c1-22(36)12-5-3-8-17-27(34-31(38)28-18-11-21-35(28)2)30(37)32-20-19-25-24-15-9-10-16-26(24)33-29(25)23-13-6-4-7-14-23/h4,6-7,9-10,13-16,27-28,33H,3,5,8,11-12,17-21H2,1-2H3,(H,32,37)(H,34,38)/t27-,28-/m0/s1. The molecule has 2 heterocycles. The van der Waals surface area contributed by atoms with Crippen LogP contribution >= 0.6 is 0 Å². The van der Waals surface area contributed by atoms with E-state index in [1.165, 1.54) is 5.56 Å². The fraction of sp³-hybridized carbons (Fsp3) is 0.452. The van der Waals surface area contributed by atoms with E-state index >= 15 is 0 Å². The molecule has 0 bridgehead atoms. The van der Waals surface area contributed by atoms with Gasteiger partial charge in [0.05, 0.1) is 6.04 Å². The average molecular weight is 517 g/mol. The van der Waals surface area contributed by atoms with Crippen LogP contribution in [0.4, 0.5) is 0 Å². The second-order valence-electron chi connectivity index (χ2n) is 10.4. The molecule has 0 spiro atoms. The van der Waals surface area contributed by atoms with E-state index in [4.69, 9.17) is 0 Å². The number of H-pyrrole nitrogens is 1. The molecule has 38 heavy (non-hydrogen) atoms. The predicted octanol–water partition coefficient (Wildman–Crippen LogP) is 4.61. The van der Waals surface area contributed by atoms with Crippen LogP contribution in [0.2, 0.25) is 0 Å². The molecule has 1 fully saturated rings. The molecule has 0 saturated carbocycles. The van der Waals surface area contributed by atoms with Gasteiger partial charge in [0.15, 0.2) is 0 Å². The van der Waals surface area contributed by atoms with E-state index in [9.17, 15) is 14.4 Å². The number of unbranched alkanes of at least 4 members (excludes halogenated alkanes) is 2. The number of likely N-dealkylation sites (N-methyl/N-ethyl adjacent to an activating group) is 1. The molecule has 2 amide bonds.